The van der Waals surface area contributed by atoms with Gasteiger partial charge in [0.1, 0.15) is 5.82 Å². The van der Waals surface area contributed by atoms with Crippen LogP contribution < -0.4 is 0 Å². The molecular weight excluding hydrogens is 398 g/mol. The molecule has 0 saturated carbocycles. The topological polar surface area (TPSA) is 68.3 Å². The summed E-state index contributed by atoms with van der Waals surface area (Å²) in [6, 6.07) is 9.93. The van der Waals surface area contributed by atoms with E-state index in [1.54, 1.807) is 0 Å². The molecule has 0 amide bonds. The number of benzene rings is 2. The van der Waals surface area contributed by atoms with Crippen LogP contribution >= 0.6 is 33.0 Å². The van der Waals surface area contributed by atoms with E-state index in [-0.39, 0.29) is 9.79 Å². The summed E-state index contributed by atoms with van der Waals surface area (Å²) in [5.74, 6) is -0.492. The third-order valence-electron chi connectivity index (χ3n) is 2.19. The fourth-order valence-electron chi connectivity index (χ4n) is 1.19. The zero-order valence-corrected chi connectivity index (χ0v) is 14.5. The van der Waals surface area contributed by atoms with Gasteiger partial charge in [0.2, 0.25) is 0 Å². The number of halogens is 4. The maximum Gasteiger partial charge on any atom is 0.261 e. The summed E-state index contributed by atoms with van der Waals surface area (Å²) in [6.45, 7) is 0. The van der Waals surface area contributed by atoms with E-state index in [2.05, 4.69) is 0 Å². The average Bonchev–Trinajstić information content (AvgIpc) is 2.38. The monoisotopic (exact) mass is 404 g/mol. The highest BCUT2D eigenvalue weighted by Gasteiger charge is 2.08. The second-order valence-electron chi connectivity index (χ2n) is 3.78. The molecule has 0 N–H and O–H groups in total. The Morgan fingerprint density at radius 2 is 1.00 bits per heavy atom. The maximum absolute atomic E-state index is 12.2. The van der Waals surface area contributed by atoms with Crippen LogP contribution in [0.15, 0.2) is 58.3 Å². The van der Waals surface area contributed by atoms with Gasteiger partial charge >= 0.3 is 0 Å². The fourth-order valence-corrected chi connectivity index (χ4v) is 2.86. The van der Waals surface area contributed by atoms with Gasteiger partial charge in [-0.15, -0.1) is 0 Å². The smallest absolute Gasteiger partial charge is 0.207 e. The Morgan fingerprint density at radius 1 is 0.682 bits per heavy atom. The van der Waals surface area contributed by atoms with E-state index in [0.29, 0.717) is 5.02 Å². The quantitative estimate of drug-likeness (QED) is 0.708. The van der Waals surface area contributed by atoms with Crippen molar-refractivity contribution in [2.24, 2.45) is 0 Å². The Hall–Kier alpha value is -0.860. The first-order valence-corrected chi connectivity index (χ1v) is 10.4. The standard InChI is InChI=1S/C6H4Cl2O2S.C6H4ClFO2S/c7-5-1-3-6(4-2-5)11(8,9)10;7-11(9,10)6-3-1-5(8)2-4-6/h2*1-4H. The number of hydrogen-bond donors (Lipinski definition) is 0. The first-order chi connectivity index (χ1) is 10.00. The van der Waals surface area contributed by atoms with Crippen LogP contribution in [0.1, 0.15) is 0 Å². The van der Waals surface area contributed by atoms with E-state index in [4.69, 9.17) is 33.0 Å². The third-order valence-corrected chi connectivity index (χ3v) is 5.18. The molecule has 0 aliphatic heterocycles. The number of hydrogen-bond acceptors (Lipinski definition) is 4. The molecule has 2 aromatic carbocycles. The molecule has 10 heteroatoms. The highest BCUT2D eigenvalue weighted by atomic mass is 35.7. The third kappa shape index (κ3) is 6.50. The second kappa shape index (κ2) is 7.61. The van der Waals surface area contributed by atoms with Gasteiger partial charge in [-0.3, -0.25) is 0 Å². The molecule has 0 saturated heterocycles. The van der Waals surface area contributed by atoms with Crippen LogP contribution in [0.2, 0.25) is 5.02 Å². The molecule has 0 spiro atoms. The largest absolute Gasteiger partial charge is 0.261 e. The minimum atomic E-state index is -3.71. The van der Waals surface area contributed by atoms with Gasteiger partial charge in [0.15, 0.2) is 0 Å². The summed E-state index contributed by atoms with van der Waals surface area (Å²) in [6.07, 6.45) is 0. The fraction of sp³-hybridized carbons (Fsp3) is 0. The lowest BCUT2D eigenvalue weighted by atomic mass is 10.4. The maximum atomic E-state index is 12.2. The summed E-state index contributed by atoms with van der Waals surface area (Å²) < 4.78 is 54.7. The molecule has 4 nitrogen and oxygen atoms in total. The van der Waals surface area contributed by atoms with Gasteiger partial charge in [-0.1, -0.05) is 11.6 Å². The van der Waals surface area contributed by atoms with Crippen LogP contribution in [0.3, 0.4) is 0 Å². The van der Waals surface area contributed by atoms with Crippen LogP contribution in [-0.4, -0.2) is 16.8 Å². The van der Waals surface area contributed by atoms with Crippen molar-refractivity contribution in [2.45, 2.75) is 9.79 Å². The second-order valence-corrected chi connectivity index (χ2v) is 9.35. The van der Waals surface area contributed by atoms with Crippen LogP contribution in [-0.2, 0) is 18.1 Å². The molecule has 0 aromatic heterocycles. The van der Waals surface area contributed by atoms with Gasteiger partial charge in [-0.2, -0.15) is 0 Å². The van der Waals surface area contributed by atoms with E-state index in [9.17, 15) is 21.2 Å². The van der Waals surface area contributed by atoms with E-state index in [1.807, 2.05) is 0 Å². The molecule has 22 heavy (non-hydrogen) atoms. The molecule has 0 heterocycles. The predicted octanol–water partition coefficient (Wildman–Crippen LogP) is 4.02. The molecule has 0 atom stereocenters. The molecule has 2 aromatic rings. The van der Waals surface area contributed by atoms with Crippen LogP contribution in [0, 0.1) is 5.82 Å². The van der Waals surface area contributed by atoms with Crippen molar-refractivity contribution in [3.63, 3.8) is 0 Å². The molecule has 0 fully saturated rings. The Labute approximate surface area is 141 Å². The van der Waals surface area contributed by atoms with Gasteiger partial charge in [0.25, 0.3) is 18.1 Å². The normalized spacial score (nSPS) is 11.5. The Bertz CT molecular complexity index is 759. The van der Waals surface area contributed by atoms with Crippen LogP contribution in [0.5, 0.6) is 0 Å². The SMILES string of the molecule is O=S(=O)(Cl)c1ccc(Cl)cc1.O=S(=O)(Cl)c1ccc(F)cc1. The van der Waals surface area contributed by atoms with Crippen LogP contribution in [0.25, 0.3) is 0 Å². The molecule has 0 unspecified atom stereocenters. The first-order valence-electron chi connectivity index (χ1n) is 5.40. The Kier molecular flexibility index (Phi) is 6.64. The van der Waals surface area contributed by atoms with Gasteiger partial charge in [0.05, 0.1) is 9.79 Å². The van der Waals surface area contributed by atoms with Crippen molar-refractivity contribution < 1.29 is 21.2 Å². The van der Waals surface area contributed by atoms with Gasteiger partial charge in [-0.25, -0.2) is 21.2 Å². The molecule has 0 bridgehead atoms. The lowest BCUT2D eigenvalue weighted by Crippen LogP contribution is -1.89. The zero-order valence-electron chi connectivity index (χ0n) is 10.6. The summed E-state index contributed by atoms with van der Waals surface area (Å²) in [4.78, 5) is -0.0378. The van der Waals surface area contributed by atoms with E-state index < -0.39 is 23.9 Å². The number of rotatable bonds is 2. The van der Waals surface area contributed by atoms with Gasteiger partial charge < -0.3 is 0 Å². The van der Waals surface area contributed by atoms with Crippen molar-refractivity contribution >= 4 is 51.1 Å². The minimum absolute atomic E-state index is 0.0589. The predicted molar refractivity (Wildman–Crippen MR) is 83.9 cm³/mol. The zero-order chi connectivity index (χ0) is 17.0. The van der Waals surface area contributed by atoms with E-state index in [0.717, 1.165) is 24.3 Å². The minimum Gasteiger partial charge on any atom is -0.207 e. The van der Waals surface area contributed by atoms with Crippen molar-refractivity contribution in [3.8, 4) is 0 Å². The highest BCUT2D eigenvalue weighted by molar-refractivity contribution is 8.14. The first kappa shape index (κ1) is 19.2. The summed E-state index contributed by atoms with van der Waals surface area (Å²) in [5.41, 5.74) is 0. The molecule has 2 rings (SSSR count). The van der Waals surface area contributed by atoms with E-state index >= 15 is 0 Å². The molecule has 0 aliphatic rings. The lowest BCUT2D eigenvalue weighted by molar-refractivity contribution is 0.606. The summed E-state index contributed by atoms with van der Waals surface area (Å²) >= 11 is 5.52. The van der Waals surface area contributed by atoms with Gasteiger partial charge in [-0.05, 0) is 48.5 Å². The van der Waals surface area contributed by atoms with Crippen molar-refractivity contribution in [3.05, 3.63) is 59.4 Å². The lowest BCUT2D eigenvalue weighted by Gasteiger charge is -1.93. The molecule has 0 aliphatic carbocycles. The van der Waals surface area contributed by atoms with Crippen molar-refractivity contribution in [2.75, 3.05) is 0 Å². The van der Waals surface area contributed by atoms with Crippen molar-refractivity contribution in [1.29, 1.82) is 0 Å². The molecule has 120 valence electrons. The summed E-state index contributed by atoms with van der Waals surface area (Å²) in [7, 11) is 2.68. The van der Waals surface area contributed by atoms with E-state index in [1.165, 1.54) is 24.3 Å². The highest BCUT2D eigenvalue weighted by Crippen LogP contribution is 2.17. The Morgan fingerprint density at radius 3 is 1.32 bits per heavy atom. The van der Waals surface area contributed by atoms with Crippen molar-refractivity contribution in [1.82, 2.24) is 0 Å². The average molecular weight is 406 g/mol. The molecular formula is C12H8Cl3FO4S2. The van der Waals surface area contributed by atoms with Crippen LogP contribution in [0.4, 0.5) is 4.39 Å². The molecule has 0 radical (unpaired) electrons. The Balaban J connectivity index is 0.000000220. The summed E-state index contributed by atoms with van der Waals surface area (Å²) in [5, 5.41) is 0.481. The van der Waals surface area contributed by atoms with Gasteiger partial charge in [0, 0.05) is 26.4 Å².